The van der Waals surface area contributed by atoms with Gasteiger partial charge in [-0.3, -0.25) is 0 Å². The summed E-state index contributed by atoms with van der Waals surface area (Å²) in [4.78, 5) is 13.1. The van der Waals surface area contributed by atoms with Gasteiger partial charge in [-0.2, -0.15) is 0 Å². The van der Waals surface area contributed by atoms with Crippen LogP contribution in [0.1, 0.15) is 343 Å². The van der Waals surface area contributed by atoms with Crippen LogP contribution in [0, 0.1) is 75.6 Å². The van der Waals surface area contributed by atoms with Crippen molar-refractivity contribution in [3.05, 3.63) is 298 Å². The minimum atomic E-state index is -2.80. The van der Waals surface area contributed by atoms with Crippen LogP contribution in [0.4, 0.5) is 34.1 Å². The molecule has 0 aliphatic heterocycles. The van der Waals surface area contributed by atoms with Crippen molar-refractivity contribution < 1.29 is 32.9 Å². The van der Waals surface area contributed by atoms with Gasteiger partial charge in [0, 0.05) is 133 Å². The highest BCUT2D eigenvalue weighted by Crippen LogP contribution is 2.46. The molecule has 0 atom stereocenters. The molecule has 11 aromatic rings. The fourth-order valence-electron chi connectivity index (χ4n) is 19.8. The van der Waals surface area contributed by atoms with Gasteiger partial charge in [0.15, 0.2) is 0 Å². The molecule has 0 saturated carbocycles. The fraction of sp³-hybridized carbons (Fsp3) is 0.472. The summed E-state index contributed by atoms with van der Waals surface area (Å²) in [5.74, 6) is 0. The van der Waals surface area contributed by atoms with Crippen LogP contribution in [0.15, 0.2) is 237 Å². The maximum Gasteiger partial charge on any atom is 0.0434 e. The van der Waals surface area contributed by atoms with Gasteiger partial charge in [0.2, 0.25) is 0 Å². The van der Waals surface area contributed by atoms with Crippen LogP contribution >= 0.6 is 0 Å². The molecule has 0 aliphatic rings. The molecule has 0 aliphatic carbocycles. The van der Waals surface area contributed by atoms with Crippen LogP contribution < -0.4 is 29.4 Å². The molecule has 6 nitrogen and oxygen atoms in total. The van der Waals surface area contributed by atoms with E-state index in [-0.39, 0.29) is 100 Å². The topological polar surface area (TPSA) is 19.4 Å². The molecule has 11 aromatic carbocycles. The first-order valence-corrected chi connectivity index (χ1v) is 46.4. The van der Waals surface area contributed by atoms with E-state index in [1.807, 2.05) is 165 Å². The van der Waals surface area contributed by atoms with Crippen molar-refractivity contribution in [3.8, 4) is 55.6 Å². The number of nitrogens with zero attached hydrogens (tertiary/aromatic N) is 6. The molecule has 0 radical (unpaired) electrons. The molecule has 0 heterocycles. The van der Waals surface area contributed by atoms with Crippen molar-refractivity contribution in [2.75, 3.05) is 29.4 Å². The zero-order valence-corrected chi connectivity index (χ0v) is 87.7. The summed E-state index contributed by atoms with van der Waals surface area (Å²) in [5, 5.41) is 0. The van der Waals surface area contributed by atoms with Crippen LogP contribution in [0.3, 0.4) is 0 Å². The second kappa shape index (κ2) is 42.6. The highest BCUT2D eigenvalue weighted by atomic mass is 15.3. The van der Waals surface area contributed by atoms with Gasteiger partial charge in [-0.15, -0.1) is 0 Å². The number of benzene rings is 11. The van der Waals surface area contributed by atoms with E-state index in [1.165, 1.54) is 91.9 Å². The van der Waals surface area contributed by atoms with Gasteiger partial charge >= 0.3 is 0 Å². The largest absolute Gasteiger partial charge is 0.362 e. The lowest BCUT2D eigenvalue weighted by molar-refractivity contribution is 0.379. The molecule has 0 unspecified atom stereocenters. The van der Waals surface area contributed by atoms with E-state index < -0.39 is 88.0 Å². The van der Waals surface area contributed by atoms with Crippen LogP contribution in [-0.2, 0) is 0 Å². The first-order chi connectivity index (χ1) is 69.4. The van der Waals surface area contributed by atoms with Crippen LogP contribution in [0.25, 0.3) is 55.6 Å². The SMILES string of the molecule is CC(C)(C)N(c1ccc(-c2ccccc2)cc1)C(C)(C)C.CC(C)(C)N(c1cccc(-c2ccccc2)c1)C(C)(C)C.Cc1cc(-c2ccccc2)cc(C)c1N(C(C)(C)C)C(C)(C)C.[2H]C([2H])([2H])c1cc(-c2ccccc2)cc(C([2H])([2H])[2H])c1N(C(C)(C)C)C(C)(C)C.[2H]C([2H])([2H])c1cc(C)cc(C([2H])([2H])[2H])c1N(C(C)(C)C)C(C)(C)C.[2H]C([2H])([2H])c1cccc(C([2H])([2H])[2H])c1-c1cc(C([2H])([2H])[2H])c(N(C(C)(C)C)C(C)(C)C)c(C([2H])([2H])[2H])c1. The second-order valence-electron chi connectivity index (χ2n) is 46.9. The minimum absolute atomic E-state index is 0.00514. The molecule has 0 spiro atoms. The van der Waals surface area contributed by atoms with Crippen molar-refractivity contribution >= 4 is 34.1 Å². The van der Waals surface area contributed by atoms with Gasteiger partial charge in [0.25, 0.3) is 0 Å². The van der Waals surface area contributed by atoms with E-state index in [0.29, 0.717) is 16.8 Å². The van der Waals surface area contributed by atoms with E-state index in [4.69, 9.17) is 32.9 Å². The highest BCUT2D eigenvalue weighted by molar-refractivity contribution is 5.79. The molecule has 710 valence electrons. The summed E-state index contributed by atoms with van der Waals surface area (Å²) in [5.41, 5.74) is 12.9. The Morgan fingerprint density at radius 1 is 0.160 bits per heavy atom. The van der Waals surface area contributed by atoms with Gasteiger partial charge < -0.3 is 29.4 Å². The molecule has 0 saturated heterocycles. The summed E-state index contributed by atoms with van der Waals surface area (Å²) in [7, 11) is 0. The Hall–Kier alpha value is -9.78. The van der Waals surface area contributed by atoms with Gasteiger partial charge in [-0.1, -0.05) is 181 Å². The van der Waals surface area contributed by atoms with Crippen molar-refractivity contribution in [1.82, 2.24) is 0 Å². The average molecular weight is 1790 g/mol. The monoisotopic (exact) mass is 1790 g/mol. The number of hydrogen-bond acceptors (Lipinski definition) is 6. The van der Waals surface area contributed by atoms with Crippen LogP contribution in [0.2, 0.25) is 0 Å². The Balaban J connectivity index is 0.000000287. The first-order valence-electron chi connectivity index (χ1n) is 58.4. The third-order valence-electron chi connectivity index (χ3n) is 21.9. The summed E-state index contributed by atoms with van der Waals surface area (Å²) in [6.07, 6.45) is 0. The molecule has 0 fully saturated rings. The van der Waals surface area contributed by atoms with Gasteiger partial charge in [0.05, 0.1) is 0 Å². The van der Waals surface area contributed by atoms with Crippen molar-refractivity contribution in [2.24, 2.45) is 0 Å². The van der Waals surface area contributed by atoms with E-state index >= 15 is 0 Å². The Kier molecular flexibility index (Phi) is 25.3. The molecular formula is C125H180N6. The van der Waals surface area contributed by atoms with Crippen molar-refractivity contribution in [3.63, 3.8) is 0 Å². The highest BCUT2D eigenvalue weighted by Gasteiger charge is 2.40. The zero-order valence-electron chi connectivity index (χ0n) is 112. The Morgan fingerprint density at radius 2 is 0.366 bits per heavy atom. The van der Waals surface area contributed by atoms with Gasteiger partial charge in [-0.05, 0) is 497 Å². The summed E-state index contributed by atoms with van der Waals surface area (Å²) >= 11 is 0. The predicted octanol–water partition coefficient (Wildman–Crippen LogP) is 36.3. The Morgan fingerprint density at radius 3 is 0.634 bits per heavy atom. The van der Waals surface area contributed by atoms with Crippen LogP contribution in [0.5, 0.6) is 0 Å². The number of anilines is 6. The molecule has 11 rings (SSSR count). The maximum atomic E-state index is 8.33. The second-order valence-corrected chi connectivity index (χ2v) is 46.9. The van der Waals surface area contributed by atoms with E-state index in [0.717, 1.165) is 5.56 Å². The van der Waals surface area contributed by atoms with Gasteiger partial charge in [-0.25, -0.2) is 0 Å². The third-order valence-corrected chi connectivity index (χ3v) is 21.9. The molecule has 0 bridgehead atoms. The molecule has 131 heavy (non-hydrogen) atoms. The quantitative estimate of drug-likeness (QED) is 0.128. The number of rotatable bonds is 11. The van der Waals surface area contributed by atoms with Crippen molar-refractivity contribution in [2.45, 2.75) is 391 Å². The fourth-order valence-corrected chi connectivity index (χ4v) is 19.8. The van der Waals surface area contributed by atoms with Crippen LogP contribution in [-0.4, -0.2) is 66.5 Å². The van der Waals surface area contributed by atoms with E-state index in [2.05, 4.69) is 305 Å². The summed E-state index contributed by atoms with van der Waals surface area (Å²) in [6, 6.07) is 76.1. The van der Waals surface area contributed by atoms with E-state index in [9.17, 15) is 0 Å². The first kappa shape index (κ1) is 77.6. The molecule has 0 N–H and O–H groups in total. The predicted molar refractivity (Wildman–Crippen MR) is 590 cm³/mol. The Labute approximate surface area is 837 Å². The molecule has 0 aromatic heterocycles. The molecule has 0 amide bonds. The molecular weight excluding hydrogens is 1590 g/mol. The summed E-state index contributed by atoms with van der Waals surface area (Å²) in [6.45, 7) is 61.1. The Bertz CT molecular complexity index is 6190. The lowest BCUT2D eigenvalue weighted by Gasteiger charge is -2.49. The lowest BCUT2D eigenvalue weighted by atomic mass is 9.89. The number of aryl methyl sites for hydroxylation is 11. The summed E-state index contributed by atoms with van der Waals surface area (Å²) < 4.78 is 195. The molecule has 6 heteroatoms. The van der Waals surface area contributed by atoms with E-state index in [1.54, 1.807) is 36.1 Å². The smallest absolute Gasteiger partial charge is 0.0434 e. The number of hydrogen-bond donors (Lipinski definition) is 0. The third kappa shape index (κ3) is 30.1. The van der Waals surface area contributed by atoms with Crippen molar-refractivity contribution in [1.29, 1.82) is 0 Å². The standard InChI is InChI=1S/C24H35N.2C22H31N.2C20H27N.C17H29N/c1-16-12-11-13-17(2)21(16)20-14-18(3)22(19(4)15-20)25(23(5,6)7)24(8,9)10;2*1-16-14-19(18-12-10-9-11-13-18)15-17(2)20(16)23(21(3,4)5)22(6,7)8;1-19(2,3)21(20(4,5)6)18-14-10-13-17(15-18)16-11-8-7-9-12-16;1-19(2,3)21(20(4,5)6)18-14-12-17(13-15-18)16-10-8-7-9-11-16;1-12-10-13(2)15(14(3)11-12)18(16(4,5)6)17(7,8)9/h11-15H,1-10H3;2*9-15H,1-8H3;2*7-15H,1-6H3;10-11H,1-9H3/i1D3,2D3,3D3,4D3;1D3,2D3;;;;2D3,3D3. The maximum absolute atomic E-state index is 8.33. The van der Waals surface area contributed by atoms with Gasteiger partial charge in [0.1, 0.15) is 0 Å². The lowest BCUT2D eigenvalue weighted by Crippen LogP contribution is -2.53. The zero-order chi connectivity index (χ0) is 120. The average Bonchev–Trinajstić information content (AvgIpc) is 0.727. The normalized spacial score (nSPS) is 15.9. The minimum Gasteiger partial charge on any atom is -0.362 e.